The van der Waals surface area contributed by atoms with Gasteiger partial charge in [0.15, 0.2) is 17.4 Å². The van der Waals surface area contributed by atoms with Crippen LogP contribution >= 0.6 is 0 Å². The summed E-state index contributed by atoms with van der Waals surface area (Å²) in [6, 6.07) is 0. The molecule has 0 heterocycles. The van der Waals surface area contributed by atoms with E-state index in [1.807, 2.05) is 0 Å². The van der Waals surface area contributed by atoms with Gasteiger partial charge in [0.2, 0.25) is 0 Å². The zero-order valence-corrected chi connectivity index (χ0v) is 11.2. The van der Waals surface area contributed by atoms with Gasteiger partial charge in [-0.2, -0.15) is 0 Å². The molecule has 0 aromatic carbocycles. The van der Waals surface area contributed by atoms with Gasteiger partial charge in [0.1, 0.15) is 0 Å². The molecule has 0 N–H and O–H groups in total. The van der Waals surface area contributed by atoms with E-state index in [0.717, 1.165) is 0 Å². The minimum absolute atomic E-state index is 0. The normalized spacial score (nSPS) is 0. The predicted octanol–water partition coefficient (Wildman–Crippen LogP) is -1.19. The Bertz CT molecular complexity index is 11.6. The summed E-state index contributed by atoms with van der Waals surface area (Å²) in [4.78, 5) is 0. The maximum Gasteiger partial charge on any atom is 0.187 e. The summed E-state index contributed by atoms with van der Waals surface area (Å²) in [7, 11) is 0. The predicted molar refractivity (Wildman–Crippen MR) is 9.94 cm³/mol. The maximum atomic E-state index is 0. The van der Waals surface area contributed by atoms with Gasteiger partial charge >= 0.3 is 0 Å². The fraction of sp³-hybridized carbons (Fsp3) is 0. The Morgan fingerprint density at radius 1 is 1.00 bits per heavy atom. The molecule has 0 aliphatic heterocycles. The van der Waals surface area contributed by atoms with E-state index in [1.165, 1.54) is 0 Å². The smallest absolute Gasteiger partial charge is 0 e. The van der Waals surface area contributed by atoms with Gasteiger partial charge in [-0.05, 0) is 0 Å². The first-order valence-electron chi connectivity index (χ1n) is 0. The van der Waals surface area contributed by atoms with Crippen LogP contribution in [0.5, 0.6) is 0 Å². The number of hydrogen-bond donors (Lipinski definition) is 0. The zero-order chi connectivity index (χ0) is 0. The van der Waals surface area contributed by atoms with E-state index < -0.39 is 0 Å². The Morgan fingerprint density at radius 3 is 1.00 bits per heavy atom. The summed E-state index contributed by atoms with van der Waals surface area (Å²) in [6.07, 6.45) is 0. The molecule has 0 spiro atoms. The Hall–Kier alpha value is 3.49. The van der Waals surface area contributed by atoms with Crippen molar-refractivity contribution in [2.45, 2.75) is 0 Å². The Kier molecular flexibility index (Phi) is 202. The van der Waals surface area contributed by atoms with Gasteiger partial charge in [0, 0.05) is 91.6 Å². The summed E-state index contributed by atoms with van der Waals surface area (Å²) in [6.45, 7) is 0. The molecule has 0 saturated heterocycles. The molecule has 0 aromatic heterocycles. The summed E-state index contributed by atoms with van der Waals surface area (Å²) in [5.41, 5.74) is 0. The van der Waals surface area contributed by atoms with Crippen LogP contribution in [0.1, 0.15) is 0 Å². The third-order valence-electron chi connectivity index (χ3n) is 0. The second kappa shape index (κ2) is 25.9. The van der Waals surface area contributed by atoms with Crippen molar-refractivity contribution < 1.29 is 91.6 Å². The molecule has 0 bridgehead atoms. The fourth-order valence-electron chi connectivity index (χ4n) is 0. The molecule has 0 aliphatic rings. The van der Waals surface area contributed by atoms with Crippen molar-refractivity contribution in [2.75, 3.05) is 0 Å². The van der Waals surface area contributed by atoms with Crippen LogP contribution in [0.3, 0.4) is 0 Å². The minimum atomic E-state index is 0. The van der Waals surface area contributed by atoms with Gasteiger partial charge in [-0.25, -0.2) is 0 Å². The molecule has 0 amide bonds. The quantitative estimate of drug-likeness (QED) is 0.450. The van der Waals surface area contributed by atoms with Crippen molar-refractivity contribution in [1.82, 2.24) is 0 Å². The van der Waals surface area contributed by atoms with Crippen LogP contribution in [0, 0.1) is 35.6 Å². The van der Waals surface area contributed by atoms with Crippen LogP contribution in [0.2, 0.25) is 0 Å². The molecular weight excluding hydrogens is 396 g/mol. The minimum Gasteiger partial charge on any atom is 0 e. The van der Waals surface area contributed by atoms with Gasteiger partial charge in [-0.3, -0.25) is 0 Å². The van der Waals surface area contributed by atoms with Crippen LogP contribution in [-0.4, -0.2) is 17.4 Å². The summed E-state index contributed by atoms with van der Waals surface area (Å²) in [5.74, 6) is 0. The molecule has 0 saturated carbocycles. The van der Waals surface area contributed by atoms with E-state index >= 15 is 0 Å². The third-order valence-corrected chi connectivity index (χ3v) is 0. The average Bonchev–Trinajstić information content (AvgIpc) is 0. The SMILES string of the molecule is [AlH3].[Cu].[La].[Ru].[Zn]. The molecule has 0 nitrogen and oxygen atoms in total. The van der Waals surface area contributed by atoms with Crippen LogP contribution in [-0.2, 0) is 56.0 Å². The molecule has 5 heteroatoms. The van der Waals surface area contributed by atoms with Gasteiger partial charge in [-0.1, -0.05) is 0 Å². The third kappa shape index (κ3) is 18.5. The van der Waals surface area contributed by atoms with E-state index in [2.05, 4.69) is 0 Å². The summed E-state index contributed by atoms with van der Waals surface area (Å²) in [5, 5.41) is 0. The first-order chi connectivity index (χ1) is 0. The van der Waals surface area contributed by atoms with Gasteiger partial charge in [-0.15, -0.1) is 0 Å². The molecule has 5 heavy (non-hydrogen) atoms. The summed E-state index contributed by atoms with van der Waals surface area (Å²) >= 11 is 0. The molecule has 2 radical (unpaired) electrons. The van der Waals surface area contributed by atoms with Crippen molar-refractivity contribution >= 4 is 17.4 Å². The van der Waals surface area contributed by atoms with Crippen LogP contribution in [0.15, 0.2) is 0 Å². The monoisotopic (exact) mass is 398 g/mol. The first-order valence-corrected chi connectivity index (χ1v) is 0. The molecule has 0 rings (SSSR count). The van der Waals surface area contributed by atoms with Crippen molar-refractivity contribution in [3.63, 3.8) is 0 Å². The fourth-order valence-corrected chi connectivity index (χ4v) is 0. The number of rotatable bonds is 0. The Balaban J connectivity index is 0. The van der Waals surface area contributed by atoms with Crippen LogP contribution in [0.4, 0.5) is 0 Å². The Labute approximate surface area is 107 Å². The maximum absolute atomic E-state index is 0. The zero-order valence-electron chi connectivity index (χ0n) is 1.94. The van der Waals surface area contributed by atoms with E-state index in [9.17, 15) is 0 Å². The van der Waals surface area contributed by atoms with Crippen molar-refractivity contribution in [3.05, 3.63) is 0 Å². The van der Waals surface area contributed by atoms with Gasteiger partial charge < -0.3 is 0 Å². The first kappa shape index (κ1) is 39.1. The standard InChI is InChI=1S/Al.Cu.La.Ru.Zn.3H. The van der Waals surface area contributed by atoms with Crippen molar-refractivity contribution in [2.24, 2.45) is 0 Å². The van der Waals surface area contributed by atoms with E-state index in [-0.39, 0.29) is 109 Å². The molecule has 0 atom stereocenters. The topological polar surface area (TPSA) is 0 Å². The molecule has 0 aromatic rings. The molecule has 0 fully saturated rings. The van der Waals surface area contributed by atoms with Crippen LogP contribution in [0.25, 0.3) is 0 Å². The van der Waals surface area contributed by atoms with E-state index in [1.54, 1.807) is 0 Å². The van der Waals surface area contributed by atoms with Crippen LogP contribution < -0.4 is 0 Å². The van der Waals surface area contributed by atoms with Crippen molar-refractivity contribution in [3.8, 4) is 0 Å². The average molecular weight is 399 g/mol. The molecule has 30 valence electrons. The Morgan fingerprint density at radius 2 is 1.00 bits per heavy atom. The van der Waals surface area contributed by atoms with Crippen molar-refractivity contribution in [1.29, 1.82) is 0 Å². The van der Waals surface area contributed by atoms with Gasteiger partial charge in [0.05, 0.1) is 0 Å². The number of hydrogen-bond acceptors (Lipinski definition) is 0. The molecule has 0 unspecified atom stereocenters. The second-order valence-electron chi connectivity index (χ2n) is 0. The second-order valence-corrected chi connectivity index (χ2v) is 0. The molecule has 0 aliphatic carbocycles. The van der Waals surface area contributed by atoms with E-state index in [4.69, 9.17) is 0 Å². The largest absolute Gasteiger partial charge is 0.187 e. The molecular formula is H3AlCuLaRuZn. The summed E-state index contributed by atoms with van der Waals surface area (Å²) < 4.78 is 0. The van der Waals surface area contributed by atoms with E-state index in [0.29, 0.717) is 0 Å². The van der Waals surface area contributed by atoms with Gasteiger partial charge in [0.25, 0.3) is 0 Å².